The van der Waals surface area contributed by atoms with E-state index in [1.165, 1.54) is 10.8 Å². The third-order valence-electron chi connectivity index (χ3n) is 11.5. The molecule has 8 aromatic carbocycles. The molecule has 0 saturated heterocycles. The fourth-order valence-corrected chi connectivity index (χ4v) is 9.21. The largest absolute Gasteiger partial charge is 0.551 e. The van der Waals surface area contributed by atoms with Gasteiger partial charge in [-0.3, -0.25) is 0 Å². The van der Waals surface area contributed by atoms with Gasteiger partial charge >= 0.3 is 6.92 Å². The summed E-state index contributed by atoms with van der Waals surface area (Å²) in [7, 11) is 0. The van der Waals surface area contributed by atoms with E-state index < -0.39 is 0 Å². The minimum Gasteiger partial charge on any atom is -0.551 e. The van der Waals surface area contributed by atoms with Crippen molar-refractivity contribution in [3.63, 3.8) is 0 Å². The standard InChI is InChI=1S/C48H26BNO4/c1-5-17-36-29(11-1)30-12-2-6-18-37(30)50(36)38-19-10-16-35-48(38)53-43-26-27(25-34-32-14-4-8-21-40(32)54-49(35)46(34)43)28-15-9-22-41-44(28)45-42(51-41)24-23-33-31-13-3-7-20-39(31)52-47(33)45/h1-26H. The molecule has 0 unspecified atom stereocenters. The molecule has 0 aliphatic carbocycles. The highest BCUT2D eigenvalue weighted by Gasteiger charge is 2.42. The summed E-state index contributed by atoms with van der Waals surface area (Å²) in [6.07, 6.45) is 0. The van der Waals surface area contributed by atoms with E-state index in [9.17, 15) is 0 Å². The highest BCUT2D eigenvalue weighted by Crippen LogP contribution is 2.47. The van der Waals surface area contributed by atoms with Gasteiger partial charge in [-0.25, -0.2) is 0 Å². The molecule has 0 fully saturated rings. The van der Waals surface area contributed by atoms with Crippen LogP contribution in [-0.2, 0) is 0 Å². The van der Waals surface area contributed by atoms with Gasteiger partial charge in [0.05, 0.1) is 22.1 Å². The van der Waals surface area contributed by atoms with E-state index in [4.69, 9.17) is 18.2 Å². The van der Waals surface area contributed by atoms with Crippen LogP contribution in [0.4, 0.5) is 0 Å². The molecule has 0 spiro atoms. The molecule has 0 saturated carbocycles. The molecule has 5 heterocycles. The number of benzene rings is 8. The van der Waals surface area contributed by atoms with Crippen LogP contribution >= 0.6 is 0 Å². The Hall–Kier alpha value is -7.18. The van der Waals surface area contributed by atoms with E-state index >= 15 is 0 Å². The highest BCUT2D eigenvalue weighted by atomic mass is 16.5. The second-order valence-corrected chi connectivity index (χ2v) is 14.3. The molecule has 0 radical (unpaired) electrons. The topological polar surface area (TPSA) is 49.7 Å². The van der Waals surface area contributed by atoms with Gasteiger partial charge in [-0.2, -0.15) is 0 Å². The van der Waals surface area contributed by atoms with Crippen LogP contribution in [0.5, 0.6) is 17.2 Å². The average molecular weight is 692 g/mol. The van der Waals surface area contributed by atoms with Crippen LogP contribution in [-0.4, -0.2) is 11.5 Å². The summed E-state index contributed by atoms with van der Waals surface area (Å²) in [4.78, 5) is 0. The molecular weight excluding hydrogens is 665 g/mol. The molecule has 0 amide bonds. The molecule has 0 atom stereocenters. The number of hydrogen-bond acceptors (Lipinski definition) is 4. The van der Waals surface area contributed by atoms with Crippen molar-refractivity contribution in [1.29, 1.82) is 0 Å². The van der Waals surface area contributed by atoms with Crippen molar-refractivity contribution >= 4 is 83.5 Å². The SMILES string of the molecule is c1ccc2c(c1)OB1c3cccc(-n4c5ccccc5c5ccccc54)c3Oc3cc(-c4cccc5oc6ccc7c8ccccc8oc7c6c45)cc-2c31. The summed E-state index contributed by atoms with van der Waals surface area (Å²) in [5.41, 5.74) is 12.8. The summed E-state index contributed by atoms with van der Waals surface area (Å²) >= 11 is 0. The maximum Gasteiger partial charge on any atom is 0.434 e. The van der Waals surface area contributed by atoms with E-state index in [2.05, 4.69) is 138 Å². The van der Waals surface area contributed by atoms with Crippen LogP contribution in [0.15, 0.2) is 167 Å². The lowest BCUT2D eigenvalue weighted by atomic mass is 9.50. The van der Waals surface area contributed by atoms with Crippen LogP contribution in [0.25, 0.3) is 93.6 Å². The highest BCUT2D eigenvalue weighted by molar-refractivity contribution is 6.84. The molecule has 2 aliphatic rings. The molecule has 54 heavy (non-hydrogen) atoms. The van der Waals surface area contributed by atoms with Crippen LogP contribution in [0.1, 0.15) is 0 Å². The number of furan rings is 2. The van der Waals surface area contributed by atoms with Gasteiger partial charge in [-0.05, 0) is 77.4 Å². The summed E-state index contributed by atoms with van der Waals surface area (Å²) in [6.45, 7) is -0.350. The van der Waals surface area contributed by atoms with Gasteiger partial charge in [-0.1, -0.05) is 97.1 Å². The van der Waals surface area contributed by atoms with Crippen molar-refractivity contribution in [3.8, 4) is 45.2 Å². The Labute approximate surface area is 308 Å². The first kappa shape index (κ1) is 28.4. The molecule has 2 aliphatic heterocycles. The van der Waals surface area contributed by atoms with Gasteiger partial charge in [-0.15, -0.1) is 0 Å². The fraction of sp³-hybridized carbons (Fsp3) is 0. The Kier molecular flexibility index (Phi) is 5.39. The lowest BCUT2D eigenvalue weighted by Gasteiger charge is -2.34. The van der Waals surface area contributed by atoms with Crippen molar-refractivity contribution < 1.29 is 18.2 Å². The summed E-state index contributed by atoms with van der Waals surface area (Å²) in [5.74, 6) is 2.42. The molecule has 0 N–H and O–H groups in total. The van der Waals surface area contributed by atoms with E-state index in [0.717, 1.165) is 111 Å². The van der Waals surface area contributed by atoms with Gasteiger partial charge in [0, 0.05) is 43.4 Å². The normalized spacial score (nSPS) is 13.1. The van der Waals surface area contributed by atoms with Crippen LogP contribution in [0, 0.1) is 0 Å². The number of para-hydroxylation sites is 5. The second kappa shape index (κ2) is 10.2. The minimum absolute atomic E-state index is 0.350. The Balaban J connectivity index is 1.09. The zero-order valence-electron chi connectivity index (χ0n) is 28.7. The number of rotatable bonds is 2. The van der Waals surface area contributed by atoms with E-state index in [0.29, 0.717) is 0 Å². The van der Waals surface area contributed by atoms with Crippen molar-refractivity contribution in [2.75, 3.05) is 0 Å². The monoisotopic (exact) mass is 691 g/mol. The average Bonchev–Trinajstić information content (AvgIpc) is 3.90. The van der Waals surface area contributed by atoms with Crippen LogP contribution in [0.2, 0.25) is 0 Å². The Morgan fingerprint density at radius 1 is 0.463 bits per heavy atom. The number of hydrogen-bond donors (Lipinski definition) is 0. The summed E-state index contributed by atoms with van der Waals surface area (Å²) < 4.78 is 29.6. The smallest absolute Gasteiger partial charge is 0.434 e. The zero-order chi connectivity index (χ0) is 35.1. The quantitative estimate of drug-likeness (QED) is 0.169. The molecular formula is C48H26BNO4. The molecule has 250 valence electrons. The predicted molar refractivity (Wildman–Crippen MR) is 218 cm³/mol. The molecule has 5 nitrogen and oxygen atoms in total. The fourth-order valence-electron chi connectivity index (χ4n) is 9.21. The van der Waals surface area contributed by atoms with Crippen molar-refractivity contribution in [2.24, 2.45) is 0 Å². The first-order chi connectivity index (χ1) is 26.8. The number of nitrogens with zero attached hydrogens (tertiary/aromatic N) is 1. The predicted octanol–water partition coefficient (Wildman–Crippen LogP) is 11.5. The third-order valence-corrected chi connectivity index (χ3v) is 11.5. The molecule has 3 aromatic heterocycles. The third kappa shape index (κ3) is 3.64. The van der Waals surface area contributed by atoms with Crippen molar-refractivity contribution in [2.45, 2.75) is 0 Å². The molecule has 11 aromatic rings. The Morgan fingerprint density at radius 3 is 2.04 bits per heavy atom. The molecule has 0 bridgehead atoms. The summed E-state index contributed by atoms with van der Waals surface area (Å²) in [6, 6.07) is 55.0. The van der Waals surface area contributed by atoms with Gasteiger partial charge in [0.25, 0.3) is 0 Å². The number of aromatic nitrogens is 1. The van der Waals surface area contributed by atoms with Crippen molar-refractivity contribution in [3.05, 3.63) is 158 Å². The van der Waals surface area contributed by atoms with E-state index in [1.807, 2.05) is 24.3 Å². The maximum absolute atomic E-state index is 7.20. The van der Waals surface area contributed by atoms with Gasteiger partial charge in [0.2, 0.25) is 0 Å². The van der Waals surface area contributed by atoms with Crippen LogP contribution < -0.4 is 20.3 Å². The van der Waals surface area contributed by atoms with E-state index in [-0.39, 0.29) is 6.92 Å². The Bertz CT molecular complexity index is 3370. The number of fused-ring (bicyclic) bond motifs is 14. The first-order valence-electron chi connectivity index (χ1n) is 18.3. The Morgan fingerprint density at radius 2 is 1.17 bits per heavy atom. The maximum atomic E-state index is 7.20. The lowest BCUT2D eigenvalue weighted by molar-refractivity contribution is 0.478. The summed E-state index contributed by atoms with van der Waals surface area (Å²) in [5, 5.41) is 6.56. The molecule has 13 rings (SSSR count). The first-order valence-corrected chi connectivity index (χ1v) is 18.3. The minimum atomic E-state index is -0.350. The van der Waals surface area contributed by atoms with Gasteiger partial charge in [0.1, 0.15) is 39.6 Å². The second-order valence-electron chi connectivity index (χ2n) is 14.3. The van der Waals surface area contributed by atoms with Gasteiger partial charge in [0.15, 0.2) is 0 Å². The van der Waals surface area contributed by atoms with Crippen molar-refractivity contribution in [1.82, 2.24) is 4.57 Å². The zero-order valence-corrected chi connectivity index (χ0v) is 28.7. The van der Waals surface area contributed by atoms with E-state index in [1.54, 1.807) is 0 Å². The molecule has 6 heteroatoms. The number of ether oxygens (including phenoxy) is 1. The van der Waals surface area contributed by atoms with Gasteiger partial charge < -0.3 is 22.8 Å². The van der Waals surface area contributed by atoms with Crippen LogP contribution in [0.3, 0.4) is 0 Å². The lowest BCUT2D eigenvalue weighted by Crippen LogP contribution is -2.53.